The number of piperidine rings is 1. The topological polar surface area (TPSA) is 49.8 Å². The van der Waals surface area contributed by atoms with Crippen LogP contribution in [0.5, 0.6) is 11.5 Å². The highest BCUT2D eigenvalue weighted by atomic mass is 35.5. The number of amides is 1. The minimum atomic E-state index is -0.119. The van der Waals surface area contributed by atoms with E-state index in [1.807, 2.05) is 17.9 Å². The number of phenolic OH excluding ortho intramolecular Hbond substituents is 1. The van der Waals surface area contributed by atoms with Crippen molar-refractivity contribution in [1.82, 2.24) is 4.90 Å². The second-order valence-electron chi connectivity index (χ2n) is 6.66. The lowest BCUT2D eigenvalue weighted by Crippen LogP contribution is -2.38. The molecule has 0 saturated carbocycles. The van der Waals surface area contributed by atoms with E-state index >= 15 is 0 Å². The van der Waals surface area contributed by atoms with Crippen molar-refractivity contribution in [2.75, 3.05) is 19.7 Å². The fourth-order valence-corrected chi connectivity index (χ4v) is 3.64. The Kier molecular flexibility index (Phi) is 6.04. The Morgan fingerprint density at radius 1 is 1.23 bits per heavy atom. The van der Waals surface area contributed by atoms with E-state index in [4.69, 9.17) is 16.3 Å². The molecule has 4 nitrogen and oxygen atoms in total. The van der Waals surface area contributed by atoms with Crippen molar-refractivity contribution in [3.8, 4) is 11.5 Å². The number of benzene rings is 2. The molecule has 0 aliphatic carbocycles. The summed E-state index contributed by atoms with van der Waals surface area (Å²) < 4.78 is 5.37. The molecule has 0 bridgehead atoms. The Labute approximate surface area is 159 Å². The summed E-state index contributed by atoms with van der Waals surface area (Å²) in [5.74, 6) is 0.670. The van der Waals surface area contributed by atoms with Crippen LogP contribution < -0.4 is 4.74 Å². The zero-order valence-corrected chi connectivity index (χ0v) is 15.7. The van der Waals surface area contributed by atoms with Gasteiger partial charge in [-0.1, -0.05) is 41.9 Å². The third-order valence-electron chi connectivity index (χ3n) is 4.84. The number of hydrogen-bond donors (Lipinski definition) is 1. The molecule has 0 aromatic heterocycles. The van der Waals surface area contributed by atoms with E-state index in [0.29, 0.717) is 18.1 Å². The smallest absolute Gasteiger partial charge is 0.254 e. The minimum absolute atomic E-state index is 0.0639. The summed E-state index contributed by atoms with van der Waals surface area (Å²) in [6.45, 7) is 3.68. The van der Waals surface area contributed by atoms with Gasteiger partial charge in [0.1, 0.15) is 0 Å². The van der Waals surface area contributed by atoms with Crippen LogP contribution in [0.2, 0.25) is 5.02 Å². The van der Waals surface area contributed by atoms with Gasteiger partial charge in [0.05, 0.1) is 11.6 Å². The quantitative estimate of drug-likeness (QED) is 0.837. The molecule has 0 atom stereocenters. The Morgan fingerprint density at radius 2 is 1.92 bits per heavy atom. The number of phenols is 1. The van der Waals surface area contributed by atoms with Gasteiger partial charge in [-0.3, -0.25) is 4.79 Å². The van der Waals surface area contributed by atoms with Gasteiger partial charge in [-0.2, -0.15) is 0 Å². The summed E-state index contributed by atoms with van der Waals surface area (Å²) in [5, 5.41) is 10.1. The van der Waals surface area contributed by atoms with E-state index in [9.17, 15) is 9.90 Å². The molecule has 138 valence electrons. The first-order valence-corrected chi connectivity index (χ1v) is 9.44. The number of hydrogen-bond acceptors (Lipinski definition) is 3. The largest absolute Gasteiger partial charge is 0.503 e. The van der Waals surface area contributed by atoms with Crippen molar-refractivity contribution in [3.05, 3.63) is 58.6 Å². The molecule has 26 heavy (non-hydrogen) atoms. The molecular formula is C21H24ClNO3. The number of rotatable bonds is 5. The van der Waals surface area contributed by atoms with Gasteiger partial charge in [-0.05, 0) is 49.8 Å². The van der Waals surface area contributed by atoms with Gasteiger partial charge in [-0.15, -0.1) is 0 Å². The predicted molar refractivity (Wildman–Crippen MR) is 103 cm³/mol. The van der Waals surface area contributed by atoms with Gasteiger partial charge in [-0.25, -0.2) is 0 Å². The summed E-state index contributed by atoms with van der Waals surface area (Å²) in [6, 6.07) is 13.6. The van der Waals surface area contributed by atoms with Crippen LogP contribution in [-0.4, -0.2) is 35.6 Å². The molecule has 1 saturated heterocycles. The second kappa shape index (κ2) is 8.45. The maximum absolute atomic E-state index is 12.8. The Balaban J connectivity index is 1.63. The Hall–Kier alpha value is -2.20. The number of carbonyl (C=O) groups is 1. The van der Waals surface area contributed by atoms with Gasteiger partial charge >= 0.3 is 0 Å². The summed E-state index contributed by atoms with van der Waals surface area (Å²) >= 11 is 6.05. The Bertz CT molecular complexity index is 755. The molecule has 0 radical (unpaired) electrons. The van der Waals surface area contributed by atoms with Crippen LogP contribution in [0.25, 0.3) is 0 Å². The molecule has 3 rings (SSSR count). The molecule has 0 unspecified atom stereocenters. The lowest BCUT2D eigenvalue weighted by Gasteiger charge is -2.32. The molecule has 1 N–H and O–H groups in total. The zero-order valence-electron chi connectivity index (χ0n) is 15.0. The zero-order chi connectivity index (χ0) is 18.5. The number of ether oxygens (including phenoxy) is 1. The highest BCUT2D eigenvalue weighted by molar-refractivity contribution is 6.32. The fourth-order valence-electron chi connectivity index (χ4n) is 3.43. The molecule has 5 heteroatoms. The standard InChI is InChI=1S/C21H24ClNO3/c1-2-26-19-14-17(13-18(22)20(19)24)21(25)23-10-8-16(9-11-23)12-15-6-4-3-5-7-15/h3-7,13-14,16,24H,2,8-12H2,1H3. The van der Waals surface area contributed by atoms with Crippen LogP contribution in [0.15, 0.2) is 42.5 Å². The number of aromatic hydroxyl groups is 1. The fraction of sp³-hybridized carbons (Fsp3) is 0.381. The predicted octanol–water partition coefficient (Wildman–Crippen LogP) is 4.54. The van der Waals surface area contributed by atoms with Crippen molar-refractivity contribution in [1.29, 1.82) is 0 Å². The average molecular weight is 374 g/mol. The van der Waals surface area contributed by atoms with Crippen LogP contribution in [0.1, 0.15) is 35.7 Å². The molecule has 0 spiro atoms. The van der Waals surface area contributed by atoms with E-state index in [1.54, 1.807) is 6.07 Å². The number of halogens is 1. The van der Waals surface area contributed by atoms with Gasteiger partial charge in [0.25, 0.3) is 5.91 Å². The first-order valence-electron chi connectivity index (χ1n) is 9.07. The van der Waals surface area contributed by atoms with Crippen molar-refractivity contribution in [2.24, 2.45) is 5.92 Å². The molecule has 1 aliphatic heterocycles. The third kappa shape index (κ3) is 4.31. The van der Waals surface area contributed by atoms with E-state index < -0.39 is 0 Å². The summed E-state index contributed by atoms with van der Waals surface area (Å²) in [7, 11) is 0. The van der Waals surface area contributed by atoms with E-state index in [2.05, 4.69) is 24.3 Å². The van der Waals surface area contributed by atoms with Gasteiger partial charge in [0.2, 0.25) is 0 Å². The van der Waals surface area contributed by atoms with Gasteiger partial charge in [0.15, 0.2) is 11.5 Å². The molecule has 2 aromatic rings. The Morgan fingerprint density at radius 3 is 2.58 bits per heavy atom. The second-order valence-corrected chi connectivity index (χ2v) is 7.07. The van der Waals surface area contributed by atoms with Crippen molar-refractivity contribution in [3.63, 3.8) is 0 Å². The molecule has 1 amide bonds. The molecule has 1 fully saturated rings. The maximum atomic E-state index is 12.8. The summed E-state index contributed by atoms with van der Waals surface area (Å²) in [6.07, 6.45) is 3.04. The van der Waals surface area contributed by atoms with Crippen LogP contribution in [0, 0.1) is 5.92 Å². The van der Waals surface area contributed by atoms with Crippen LogP contribution >= 0.6 is 11.6 Å². The number of carbonyl (C=O) groups excluding carboxylic acids is 1. The monoisotopic (exact) mass is 373 g/mol. The molecule has 2 aromatic carbocycles. The van der Waals surface area contributed by atoms with E-state index in [-0.39, 0.29) is 22.4 Å². The molecule has 1 heterocycles. The average Bonchev–Trinajstić information content (AvgIpc) is 2.66. The first-order chi connectivity index (χ1) is 12.6. The van der Waals surface area contributed by atoms with Crippen LogP contribution in [0.4, 0.5) is 0 Å². The number of likely N-dealkylation sites (tertiary alicyclic amines) is 1. The highest BCUT2D eigenvalue weighted by Crippen LogP contribution is 2.36. The minimum Gasteiger partial charge on any atom is -0.503 e. The third-order valence-corrected chi connectivity index (χ3v) is 5.13. The van der Waals surface area contributed by atoms with E-state index in [1.165, 1.54) is 11.6 Å². The lowest BCUT2D eigenvalue weighted by atomic mass is 9.90. The summed E-state index contributed by atoms with van der Waals surface area (Å²) in [4.78, 5) is 14.7. The lowest BCUT2D eigenvalue weighted by molar-refractivity contribution is 0.0690. The van der Waals surface area contributed by atoms with Crippen molar-refractivity contribution < 1.29 is 14.6 Å². The molecular weight excluding hydrogens is 350 g/mol. The first kappa shape index (κ1) is 18.6. The van der Waals surface area contributed by atoms with Crippen molar-refractivity contribution in [2.45, 2.75) is 26.2 Å². The highest BCUT2D eigenvalue weighted by Gasteiger charge is 2.25. The SMILES string of the molecule is CCOc1cc(C(=O)N2CCC(Cc3ccccc3)CC2)cc(Cl)c1O. The normalized spacial score (nSPS) is 15.1. The van der Waals surface area contributed by atoms with Crippen LogP contribution in [-0.2, 0) is 6.42 Å². The van der Waals surface area contributed by atoms with E-state index in [0.717, 1.165) is 32.4 Å². The maximum Gasteiger partial charge on any atom is 0.254 e. The van der Waals surface area contributed by atoms with Gasteiger partial charge < -0.3 is 14.7 Å². The summed E-state index contributed by atoms with van der Waals surface area (Å²) in [5.41, 5.74) is 1.81. The van der Waals surface area contributed by atoms with Crippen LogP contribution in [0.3, 0.4) is 0 Å². The number of nitrogens with zero attached hydrogens (tertiary/aromatic N) is 1. The molecule has 1 aliphatic rings. The van der Waals surface area contributed by atoms with Gasteiger partial charge in [0, 0.05) is 18.7 Å². The van der Waals surface area contributed by atoms with Crippen molar-refractivity contribution >= 4 is 17.5 Å².